The number of carbonyl (C=O) groups excluding carboxylic acids is 1. The molecule has 19 heavy (non-hydrogen) atoms. The zero-order chi connectivity index (χ0) is 13.8. The van der Waals surface area contributed by atoms with Crippen molar-refractivity contribution in [1.29, 1.82) is 0 Å². The first-order valence-electron chi connectivity index (χ1n) is 6.49. The van der Waals surface area contributed by atoms with E-state index in [1.807, 2.05) is 7.05 Å². The lowest BCUT2D eigenvalue weighted by atomic mass is 10.0. The first kappa shape index (κ1) is 13.9. The van der Waals surface area contributed by atoms with Gasteiger partial charge in [-0.25, -0.2) is 8.78 Å². The summed E-state index contributed by atoms with van der Waals surface area (Å²) in [6, 6.07) is 3.93. The molecule has 0 saturated carbocycles. The monoisotopic (exact) mass is 268 g/mol. The maximum Gasteiger partial charge on any atom is 0.227 e. The number of nitrogens with zero attached hydrogens (tertiary/aromatic N) is 1. The Morgan fingerprint density at radius 2 is 2.11 bits per heavy atom. The molecule has 1 amide bonds. The van der Waals surface area contributed by atoms with E-state index in [0.29, 0.717) is 13.1 Å². The van der Waals surface area contributed by atoms with Crippen LogP contribution in [0.25, 0.3) is 0 Å². The van der Waals surface area contributed by atoms with Gasteiger partial charge in [-0.15, -0.1) is 0 Å². The van der Waals surface area contributed by atoms with Crippen LogP contribution in [-0.2, 0) is 11.2 Å². The molecule has 0 aliphatic carbocycles. The van der Waals surface area contributed by atoms with Crippen molar-refractivity contribution in [1.82, 2.24) is 10.2 Å². The maximum atomic E-state index is 13.5. The number of rotatable bonds is 3. The fraction of sp³-hybridized carbons (Fsp3) is 0.500. The molecule has 5 heteroatoms. The molecule has 1 saturated heterocycles. The number of amides is 1. The molecule has 0 bridgehead atoms. The summed E-state index contributed by atoms with van der Waals surface area (Å²) < 4.78 is 27.0. The quantitative estimate of drug-likeness (QED) is 0.905. The Kier molecular flexibility index (Phi) is 4.47. The number of nitrogens with one attached hydrogen (secondary N) is 1. The van der Waals surface area contributed by atoms with Gasteiger partial charge in [-0.1, -0.05) is 6.07 Å². The van der Waals surface area contributed by atoms with Gasteiger partial charge in [0, 0.05) is 24.7 Å². The van der Waals surface area contributed by atoms with Gasteiger partial charge in [0.2, 0.25) is 5.91 Å². The third-order valence-electron chi connectivity index (χ3n) is 3.57. The average molecular weight is 268 g/mol. The highest BCUT2D eigenvalue weighted by atomic mass is 19.1. The first-order chi connectivity index (χ1) is 9.11. The van der Waals surface area contributed by atoms with E-state index in [4.69, 9.17) is 0 Å². The van der Waals surface area contributed by atoms with E-state index < -0.39 is 11.6 Å². The van der Waals surface area contributed by atoms with Crippen LogP contribution in [-0.4, -0.2) is 37.0 Å². The lowest BCUT2D eigenvalue weighted by Crippen LogP contribution is -2.47. The van der Waals surface area contributed by atoms with E-state index >= 15 is 0 Å². The molecule has 1 aliphatic heterocycles. The average Bonchev–Trinajstić information content (AvgIpc) is 2.43. The summed E-state index contributed by atoms with van der Waals surface area (Å²) in [6.07, 6.45) is 1.72. The number of benzene rings is 1. The zero-order valence-electron chi connectivity index (χ0n) is 11.0. The van der Waals surface area contributed by atoms with Crippen molar-refractivity contribution in [3.63, 3.8) is 0 Å². The molecule has 1 aliphatic rings. The Morgan fingerprint density at radius 1 is 1.42 bits per heavy atom. The van der Waals surface area contributed by atoms with Crippen molar-refractivity contribution in [2.45, 2.75) is 25.3 Å². The summed E-state index contributed by atoms with van der Waals surface area (Å²) in [4.78, 5) is 13.8. The summed E-state index contributed by atoms with van der Waals surface area (Å²) in [5.41, 5.74) is -0.140. The molecule has 1 unspecified atom stereocenters. The summed E-state index contributed by atoms with van der Waals surface area (Å²) >= 11 is 0. The SMILES string of the molecule is CNC1CCCN(C(=O)Cc2c(F)cccc2F)C1. The zero-order valence-corrected chi connectivity index (χ0v) is 11.0. The van der Waals surface area contributed by atoms with Crippen LogP contribution in [0.4, 0.5) is 8.78 Å². The van der Waals surface area contributed by atoms with Crippen LogP contribution in [0.1, 0.15) is 18.4 Å². The standard InChI is InChI=1S/C14H18F2N2O/c1-17-10-4-3-7-18(9-10)14(19)8-11-12(15)5-2-6-13(11)16/h2,5-6,10,17H,3-4,7-9H2,1H3. The van der Waals surface area contributed by atoms with Crippen molar-refractivity contribution in [3.8, 4) is 0 Å². The normalized spacial score (nSPS) is 19.5. The van der Waals surface area contributed by atoms with E-state index in [1.165, 1.54) is 18.2 Å². The molecule has 2 rings (SSSR count). The highest BCUT2D eigenvalue weighted by molar-refractivity contribution is 5.79. The minimum atomic E-state index is -0.657. The number of hydrogen-bond donors (Lipinski definition) is 1. The Hall–Kier alpha value is -1.49. The number of hydrogen-bond acceptors (Lipinski definition) is 2. The second-order valence-electron chi connectivity index (χ2n) is 4.84. The summed E-state index contributed by atoms with van der Waals surface area (Å²) in [5.74, 6) is -1.53. The minimum absolute atomic E-state index is 0.140. The van der Waals surface area contributed by atoms with Gasteiger partial charge in [-0.2, -0.15) is 0 Å². The number of likely N-dealkylation sites (N-methyl/N-ethyl adjacent to an activating group) is 1. The summed E-state index contributed by atoms with van der Waals surface area (Å²) in [6.45, 7) is 1.26. The molecular formula is C14H18F2N2O. The Labute approximate surface area is 111 Å². The van der Waals surface area contributed by atoms with Crippen molar-refractivity contribution < 1.29 is 13.6 Å². The minimum Gasteiger partial charge on any atom is -0.341 e. The Balaban J connectivity index is 2.04. The van der Waals surface area contributed by atoms with E-state index in [2.05, 4.69) is 5.32 Å². The van der Waals surface area contributed by atoms with Gasteiger partial charge in [-0.05, 0) is 32.0 Å². The predicted octanol–water partition coefficient (Wildman–Crippen LogP) is 1.72. The molecule has 1 heterocycles. The van der Waals surface area contributed by atoms with Gasteiger partial charge < -0.3 is 10.2 Å². The Bertz CT molecular complexity index is 445. The van der Waals surface area contributed by atoms with Gasteiger partial charge in [-0.3, -0.25) is 4.79 Å². The van der Waals surface area contributed by atoms with Crippen LogP contribution >= 0.6 is 0 Å². The molecule has 1 N–H and O–H groups in total. The third kappa shape index (κ3) is 3.29. The van der Waals surface area contributed by atoms with Gasteiger partial charge in [0.05, 0.1) is 6.42 Å². The molecule has 0 aromatic heterocycles. The molecule has 1 aromatic carbocycles. The van der Waals surface area contributed by atoms with Crippen LogP contribution in [0.5, 0.6) is 0 Å². The van der Waals surface area contributed by atoms with Crippen LogP contribution in [0.15, 0.2) is 18.2 Å². The first-order valence-corrected chi connectivity index (χ1v) is 6.49. The van der Waals surface area contributed by atoms with Crippen molar-refractivity contribution in [2.24, 2.45) is 0 Å². The highest BCUT2D eigenvalue weighted by Gasteiger charge is 2.24. The lowest BCUT2D eigenvalue weighted by Gasteiger charge is -2.32. The van der Waals surface area contributed by atoms with Gasteiger partial charge in [0.25, 0.3) is 0 Å². The van der Waals surface area contributed by atoms with Crippen molar-refractivity contribution in [2.75, 3.05) is 20.1 Å². The van der Waals surface area contributed by atoms with E-state index in [-0.39, 0.29) is 23.9 Å². The second-order valence-corrected chi connectivity index (χ2v) is 4.84. The van der Waals surface area contributed by atoms with Gasteiger partial charge in [0.15, 0.2) is 0 Å². The molecule has 1 atom stereocenters. The van der Waals surface area contributed by atoms with Crippen LogP contribution in [0.3, 0.4) is 0 Å². The molecular weight excluding hydrogens is 250 g/mol. The van der Waals surface area contributed by atoms with E-state index in [0.717, 1.165) is 12.8 Å². The number of halogens is 2. The van der Waals surface area contributed by atoms with Gasteiger partial charge in [0.1, 0.15) is 11.6 Å². The molecule has 1 fully saturated rings. The van der Waals surface area contributed by atoms with Gasteiger partial charge >= 0.3 is 0 Å². The largest absolute Gasteiger partial charge is 0.341 e. The van der Waals surface area contributed by atoms with Crippen LogP contribution in [0.2, 0.25) is 0 Å². The fourth-order valence-corrected chi connectivity index (χ4v) is 2.40. The number of carbonyl (C=O) groups is 1. The highest BCUT2D eigenvalue weighted by Crippen LogP contribution is 2.16. The fourth-order valence-electron chi connectivity index (χ4n) is 2.40. The summed E-state index contributed by atoms with van der Waals surface area (Å²) in [7, 11) is 1.86. The molecule has 104 valence electrons. The molecule has 0 radical (unpaired) electrons. The smallest absolute Gasteiger partial charge is 0.227 e. The second kappa shape index (κ2) is 6.10. The van der Waals surface area contributed by atoms with Crippen LogP contribution < -0.4 is 5.32 Å². The topological polar surface area (TPSA) is 32.3 Å². The molecule has 3 nitrogen and oxygen atoms in total. The number of piperidine rings is 1. The maximum absolute atomic E-state index is 13.5. The van der Waals surface area contributed by atoms with Crippen LogP contribution in [0, 0.1) is 11.6 Å². The van der Waals surface area contributed by atoms with Crippen molar-refractivity contribution in [3.05, 3.63) is 35.4 Å². The Morgan fingerprint density at radius 3 is 2.74 bits per heavy atom. The third-order valence-corrected chi connectivity index (χ3v) is 3.57. The van der Waals surface area contributed by atoms with E-state index in [9.17, 15) is 13.6 Å². The summed E-state index contributed by atoms with van der Waals surface area (Å²) in [5, 5.41) is 3.13. The predicted molar refractivity (Wildman–Crippen MR) is 68.7 cm³/mol. The van der Waals surface area contributed by atoms with E-state index in [1.54, 1.807) is 4.90 Å². The molecule has 0 spiro atoms. The number of likely N-dealkylation sites (tertiary alicyclic amines) is 1. The lowest BCUT2D eigenvalue weighted by molar-refractivity contribution is -0.131. The van der Waals surface area contributed by atoms with Crippen molar-refractivity contribution >= 4 is 5.91 Å². The molecule has 1 aromatic rings.